The van der Waals surface area contributed by atoms with Gasteiger partial charge in [0.2, 0.25) is 6.39 Å². The molecule has 2 rings (SSSR count). The molecule has 0 atom stereocenters. The number of nitrogens with one attached hydrogen (secondary N) is 1. The summed E-state index contributed by atoms with van der Waals surface area (Å²) >= 11 is 0. The Balaban J connectivity index is 2.12. The van der Waals surface area contributed by atoms with Gasteiger partial charge in [0.15, 0.2) is 5.82 Å². The Morgan fingerprint density at radius 1 is 1.56 bits per heavy atom. The first-order chi connectivity index (χ1) is 7.77. The molecule has 2 N–H and O–H groups in total. The van der Waals surface area contributed by atoms with Gasteiger partial charge in [0, 0.05) is 12.4 Å². The van der Waals surface area contributed by atoms with Gasteiger partial charge in [-0.15, -0.1) is 0 Å². The lowest BCUT2D eigenvalue weighted by Gasteiger charge is -2.06. The van der Waals surface area contributed by atoms with Crippen molar-refractivity contribution in [3.63, 3.8) is 0 Å². The molecule has 0 radical (unpaired) electrons. The molecule has 16 heavy (non-hydrogen) atoms. The maximum Gasteiger partial charge on any atom is 0.339 e. The van der Waals surface area contributed by atoms with Gasteiger partial charge in [-0.25, -0.2) is 4.79 Å². The number of carbonyl (C=O) groups is 1. The summed E-state index contributed by atoms with van der Waals surface area (Å²) in [6.07, 6.45) is 3.99. The number of carboxylic acid groups (broad SMARTS) is 1. The number of hydrogen-bond donors (Lipinski definition) is 2. The lowest BCUT2D eigenvalue weighted by Crippen LogP contribution is -2.07. The summed E-state index contributed by atoms with van der Waals surface area (Å²) in [5.74, 6) is -0.586. The SMILES string of the molecule is O=C(O)c1cnccc1NCc1ncon1. The fraction of sp³-hybridized carbons (Fsp3) is 0.111. The average Bonchev–Trinajstić information content (AvgIpc) is 2.79. The zero-order valence-electron chi connectivity index (χ0n) is 8.12. The molecule has 0 saturated carbocycles. The molecule has 0 spiro atoms. The van der Waals surface area contributed by atoms with E-state index in [4.69, 9.17) is 5.11 Å². The van der Waals surface area contributed by atoms with E-state index < -0.39 is 5.97 Å². The molecule has 0 unspecified atom stereocenters. The van der Waals surface area contributed by atoms with Crippen LogP contribution < -0.4 is 5.32 Å². The highest BCUT2D eigenvalue weighted by Gasteiger charge is 2.09. The van der Waals surface area contributed by atoms with Crippen LogP contribution in [-0.4, -0.2) is 26.2 Å². The summed E-state index contributed by atoms with van der Waals surface area (Å²) in [4.78, 5) is 18.4. The second kappa shape index (κ2) is 4.39. The molecule has 82 valence electrons. The molecule has 2 aromatic rings. The number of hydrogen-bond acceptors (Lipinski definition) is 6. The standard InChI is InChI=1S/C9H8N4O3/c14-9(15)6-3-10-2-1-7(6)11-4-8-12-5-16-13-8/h1-3,5H,4H2,(H,10,11)(H,14,15). The monoisotopic (exact) mass is 220 g/mol. The predicted octanol–water partition coefficient (Wildman–Crippen LogP) is 0.775. The highest BCUT2D eigenvalue weighted by atomic mass is 16.5. The van der Waals surface area contributed by atoms with Crippen molar-refractivity contribution >= 4 is 11.7 Å². The van der Waals surface area contributed by atoms with E-state index in [-0.39, 0.29) is 5.56 Å². The van der Waals surface area contributed by atoms with Crippen LogP contribution in [0.4, 0.5) is 5.69 Å². The Morgan fingerprint density at radius 2 is 2.44 bits per heavy atom. The van der Waals surface area contributed by atoms with Gasteiger partial charge in [-0.1, -0.05) is 5.16 Å². The van der Waals surface area contributed by atoms with Crippen molar-refractivity contribution in [3.8, 4) is 0 Å². The summed E-state index contributed by atoms with van der Waals surface area (Å²) in [5.41, 5.74) is 0.568. The minimum Gasteiger partial charge on any atom is -0.478 e. The van der Waals surface area contributed by atoms with Crippen molar-refractivity contribution in [3.05, 3.63) is 36.2 Å². The van der Waals surface area contributed by atoms with Gasteiger partial charge in [-0.05, 0) is 6.07 Å². The molecule has 7 nitrogen and oxygen atoms in total. The van der Waals surface area contributed by atoms with Gasteiger partial charge in [0.25, 0.3) is 0 Å². The van der Waals surface area contributed by atoms with Crippen LogP contribution in [0.5, 0.6) is 0 Å². The highest BCUT2D eigenvalue weighted by Crippen LogP contribution is 2.13. The Labute approximate surface area is 90.1 Å². The van der Waals surface area contributed by atoms with Crippen LogP contribution in [0.3, 0.4) is 0 Å². The fourth-order valence-electron chi connectivity index (χ4n) is 1.16. The van der Waals surface area contributed by atoms with Crippen molar-refractivity contribution in [2.75, 3.05) is 5.32 Å². The average molecular weight is 220 g/mol. The largest absolute Gasteiger partial charge is 0.478 e. The van der Waals surface area contributed by atoms with Gasteiger partial charge < -0.3 is 14.9 Å². The van der Waals surface area contributed by atoms with E-state index in [9.17, 15) is 4.79 Å². The quantitative estimate of drug-likeness (QED) is 0.784. The number of nitrogens with zero attached hydrogens (tertiary/aromatic N) is 3. The molecule has 2 aromatic heterocycles. The van der Waals surface area contributed by atoms with Crippen molar-refractivity contribution in [1.29, 1.82) is 0 Å². The molecule has 0 aliphatic carbocycles. The fourth-order valence-corrected chi connectivity index (χ4v) is 1.16. The van der Waals surface area contributed by atoms with Gasteiger partial charge in [0.05, 0.1) is 12.2 Å². The number of pyridine rings is 1. The molecule has 0 aliphatic heterocycles. The maximum atomic E-state index is 10.9. The molecular weight excluding hydrogens is 212 g/mol. The second-order valence-electron chi connectivity index (χ2n) is 2.93. The van der Waals surface area contributed by atoms with E-state index in [1.165, 1.54) is 18.8 Å². The third-order valence-electron chi connectivity index (χ3n) is 1.90. The number of carboxylic acids is 1. The Morgan fingerprint density at radius 3 is 3.12 bits per heavy atom. The van der Waals surface area contributed by atoms with Gasteiger partial charge >= 0.3 is 5.97 Å². The van der Waals surface area contributed by atoms with Crippen molar-refractivity contribution in [1.82, 2.24) is 15.1 Å². The van der Waals surface area contributed by atoms with Gasteiger partial charge in [-0.3, -0.25) is 4.98 Å². The Bertz CT molecular complexity index is 483. The Kier molecular flexibility index (Phi) is 2.77. The van der Waals surface area contributed by atoms with Crippen LogP contribution in [0.1, 0.15) is 16.2 Å². The topological polar surface area (TPSA) is 101 Å². The van der Waals surface area contributed by atoms with Crippen LogP contribution in [0.15, 0.2) is 29.4 Å². The van der Waals surface area contributed by atoms with Gasteiger partial charge in [-0.2, -0.15) is 4.98 Å². The lowest BCUT2D eigenvalue weighted by atomic mass is 10.2. The van der Waals surface area contributed by atoms with Crippen molar-refractivity contribution in [2.24, 2.45) is 0 Å². The minimum absolute atomic E-state index is 0.103. The first-order valence-corrected chi connectivity index (χ1v) is 4.44. The smallest absolute Gasteiger partial charge is 0.339 e. The molecule has 0 amide bonds. The van der Waals surface area contributed by atoms with Gasteiger partial charge in [0.1, 0.15) is 5.56 Å². The van der Waals surface area contributed by atoms with Crippen LogP contribution in [0.25, 0.3) is 0 Å². The van der Waals surface area contributed by atoms with Crippen LogP contribution >= 0.6 is 0 Å². The van der Waals surface area contributed by atoms with Crippen molar-refractivity contribution in [2.45, 2.75) is 6.54 Å². The van der Waals surface area contributed by atoms with E-state index in [1.807, 2.05) is 0 Å². The normalized spacial score (nSPS) is 10.0. The second-order valence-corrected chi connectivity index (χ2v) is 2.93. The zero-order valence-corrected chi connectivity index (χ0v) is 8.12. The first kappa shape index (κ1) is 10.1. The predicted molar refractivity (Wildman–Crippen MR) is 52.8 cm³/mol. The van der Waals surface area contributed by atoms with E-state index in [2.05, 4.69) is 25.0 Å². The molecular formula is C9H8N4O3. The summed E-state index contributed by atoms with van der Waals surface area (Å²) in [7, 11) is 0. The zero-order chi connectivity index (χ0) is 11.4. The summed E-state index contributed by atoms with van der Waals surface area (Å²) in [6.45, 7) is 0.292. The summed E-state index contributed by atoms with van der Waals surface area (Å²) in [6, 6.07) is 1.57. The highest BCUT2D eigenvalue weighted by molar-refractivity contribution is 5.93. The number of rotatable bonds is 4. The van der Waals surface area contributed by atoms with Crippen molar-refractivity contribution < 1.29 is 14.4 Å². The first-order valence-electron chi connectivity index (χ1n) is 4.44. The van der Waals surface area contributed by atoms with E-state index >= 15 is 0 Å². The summed E-state index contributed by atoms with van der Waals surface area (Å²) < 4.78 is 4.55. The third kappa shape index (κ3) is 2.14. The third-order valence-corrected chi connectivity index (χ3v) is 1.90. The molecule has 0 aromatic carbocycles. The van der Waals surface area contributed by atoms with Crippen LogP contribution in [-0.2, 0) is 6.54 Å². The molecule has 2 heterocycles. The molecule has 0 fully saturated rings. The minimum atomic E-state index is -1.04. The van der Waals surface area contributed by atoms with Crippen LogP contribution in [0.2, 0.25) is 0 Å². The molecule has 0 saturated heterocycles. The molecule has 0 bridgehead atoms. The molecule has 0 aliphatic rings. The van der Waals surface area contributed by atoms with Crippen LogP contribution in [0, 0.1) is 0 Å². The van der Waals surface area contributed by atoms with E-state index in [1.54, 1.807) is 6.07 Å². The Hall–Kier alpha value is -2.44. The van der Waals surface area contributed by atoms with E-state index in [0.29, 0.717) is 18.1 Å². The maximum absolute atomic E-state index is 10.9. The van der Waals surface area contributed by atoms with E-state index in [0.717, 1.165) is 0 Å². The number of anilines is 1. The lowest BCUT2D eigenvalue weighted by molar-refractivity contribution is 0.0697. The molecule has 7 heteroatoms. The number of aromatic carboxylic acids is 1. The number of aromatic nitrogens is 3. The summed E-state index contributed by atoms with van der Waals surface area (Å²) in [5, 5.41) is 15.4.